The lowest BCUT2D eigenvalue weighted by Crippen LogP contribution is -2.48. The normalized spacial score (nSPS) is 22.2. The maximum atomic E-state index is 14.2. The number of nitrogens with zero attached hydrogens (tertiary/aromatic N) is 1. The van der Waals surface area contributed by atoms with E-state index < -0.39 is 0 Å². The molecule has 44 heavy (non-hydrogen) atoms. The number of hydrogen-bond acceptors (Lipinski definition) is 5. The predicted octanol–water partition coefficient (Wildman–Crippen LogP) is 8.91. The van der Waals surface area contributed by atoms with Gasteiger partial charge in [0.2, 0.25) is 0 Å². The fraction of sp³-hybridized carbons (Fsp3) is 0.538. The number of carbonyl (C=O) groups excluding carboxylic acids is 2. The highest BCUT2D eigenvalue weighted by Gasteiger charge is 2.50. The lowest BCUT2D eigenvalue weighted by molar-refractivity contribution is -0.119. The average molecular weight is 596 g/mol. The summed E-state index contributed by atoms with van der Waals surface area (Å²) in [5, 5.41) is 0. The zero-order chi connectivity index (χ0) is 31.4. The zero-order valence-electron chi connectivity index (χ0n) is 27.8. The van der Waals surface area contributed by atoms with Gasteiger partial charge >= 0.3 is 0 Å². The highest BCUT2D eigenvalue weighted by atomic mass is 16.5. The molecule has 0 spiro atoms. The van der Waals surface area contributed by atoms with Crippen LogP contribution in [0.25, 0.3) is 0 Å². The van der Waals surface area contributed by atoms with E-state index in [9.17, 15) is 9.59 Å². The first-order valence-electron chi connectivity index (χ1n) is 16.6. The van der Waals surface area contributed by atoms with E-state index in [4.69, 9.17) is 9.47 Å². The van der Waals surface area contributed by atoms with Crippen molar-refractivity contribution >= 4 is 11.6 Å². The first kappa shape index (κ1) is 30.7. The number of carbonyl (C=O) groups is 2. The molecule has 2 aromatic rings. The van der Waals surface area contributed by atoms with Crippen molar-refractivity contribution in [2.45, 2.75) is 118 Å². The Morgan fingerprint density at radius 3 is 1.86 bits per heavy atom. The van der Waals surface area contributed by atoms with E-state index in [1.54, 1.807) is 7.11 Å². The number of hydrogen-bond donors (Lipinski definition) is 0. The quantitative estimate of drug-likeness (QED) is 0.334. The Hall–Kier alpha value is -3.34. The van der Waals surface area contributed by atoms with Crippen LogP contribution in [0.5, 0.6) is 11.5 Å². The predicted molar refractivity (Wildman–Crippen MR) is 175 cm³/mol. The van der Waals surface area contributed by atoms with Crippen molar-refractivity contribution in [2.75, 3.05) is 7.11 Å². The maximum absolute atomic E-state index is 14.2. The molecule has 0 aromatic heterocycles. The fourth-order valence-corrected chi connectivity index (χ4v) is 8.41. The highest BCUT2D eigenvalue weighted by molar-refractivity contribution is 6.06. The summed E-state index contributed by atoms with van der Waals surface area (Å²) in [6.45, 7) is 13.5. The molecule has 3 aliphatic carbocycles. The highest BCUT2D eigenvalue weighted by Crippen LogP contribution is 2.56. The molecule has 0 atom stereocenters. The number of ketones is 2. The standard InChI is InChI=1S/C39H49NO4/c1-24-15-25(2)17-26(16-24)23-44-33-14-13-27(18-34(33)43-7)35-36-29(19-38(3,4)21-31(36)41)40(28-11-9-8-10-12-28)30-20-39(5,6)22-32(42)37(30)35/h13-18,28,35H,8-12,19-23H2,1-7H3. The minimum atomic E-state index is -0.380. The van der Waals surface area contributed by atoms with E-state index in [1.165, 1.54) is 41.8 Å². The van der Waals surface area contributed by atoms with Crippen LogP contribution in [-0.4, -0.2) is 29.6 Å². The molecule has 0 amide bonds. The Labute approximate surface area is 263 Å². The maximum Gasteiger partial charge on any atom is 0.162 e. The van der Waals surface area contributed by atoms with Crippen molar-refractivity contribution in [3.63, 3.8) is 0 Å². The van der Waals surface area contributed by atoms with E-state index in [1.807, 2.05) is 12.1 Å². The second-order valence-electron chi connectivity index (χ2n) is 15.4. The van der Waals surface area contributed by atoms with Crippen LogP contribution in [0.1, 0.15) is 114 Å². The molecule has 4 aliphatic rings. The van der Waals surface area contributed by atoms with Crippen molar-refractivity contribution in [1.29, 1.82) is 0 Å². The molecule has 1 fully saturated rings. The van der Waals surface area contributed by atoms with Crippen LogP contribution in [0.4, 0.5) is 0 Å². The topological polar surface area (TPSA) is 55.8 Å². The van der Waals surface area contributed by atoms with Crippen molar-refractivity contribution in [3.8, 4) is 11.5 Å². The molecular formula is C39H49NO4. The summed E-state index contributed by atoms with van der Waals surface area (Å²) in [5.41, 5.74) is 8.23. The SMILES string of the molecule is COc1cc(C2C3=C(CC(C)(C)CC3=O)N(C3CCCCC3)C3=C2C(=O)CC(C)(C)C3)ccc1OCc1cc(C)cc(C)c1. The largest absolute Gasteiger partial charge is 0.493 e. The number of benzene rings is 2. The molecule has 1 saturated carbocycles. The van der Waals surface area contributed by atoms with Crippen molar-refractivity contribution in [3.05, 3.63) is 81.2 Å². The summed E-state index contributed by atoms with van der Waals surface area (Å²) in [5.74, 6) is 1.26. The number of allylic oxidation sites excluding steroid dienone is 4. The van der Waals surface area contributed by atoms with Gasteiger partial charge in [-0.05, 0) is 73.6 Å². The van der Waals surface area contributed by atoms with Crippen molar-refractivity contribution in [2.24, 2.45) is 10.8 Å². The molecule has 0 radical (unpaired) electrons. The van der Waals surface area contributed by atoms with E-state index in [-0.39, 0.29) is 28.3 Å². The van der Waals surface area contributed by atoms with Crippen molar-refractivity contribution in [1.82, 2.24) is 4.90 Å². The Balaban J connectivity index is 1.46. The van der Waals surface area contributed by atoms with Crippen LogP contribution in [-0.2, 0) is 16.2 Å². The molecule has 1 heterocycles. The number of aryl methyl sites for hydroxylation is 2. The summed E-state index contributed by atoms with van der Waals surface area (Å²) in [4.78, 5) is 31.0. The first-order chi connectivity index (χ1) is 20.9. The minimum Gasteiger partial charge on any atom is -0.493 e. The molecule has 0 N–H and O–H groups in total. The van der Waals surface area contributed by atoms with Crippen LogP contribution < -0.4 is 9.47 Å². The molecule has 234 valence electrons. The van der Waals surface area contributed by atoms with Crippen LogP contribution in [0, 0.1) is 24.7 Å². The first-order valence-corrected chi connectivity index (χ1v) is 16.6. The van der Waals surface area contributed by atoms with E-state index >= 15 is 0 Å². The summed E-state index contributed by atoms with van der Waals surface area (Å²) in [7, 11) is 1.66. The van der Waals surface area contributed by atoms with Crippen LogP contribution in [0.15, 0.2) is 58.9 Å². The van der Waals surface area contributed by atoms with Gasteiger partial charge in [-0.15, -0.1) is 0 Å². The number of ether oxygens (including phenoxy) is 2. The molecule has 0 bridgehead atoms. The Morgan fingerprint density at radius 1 is 0.750 bits per heavy atom. The van der Waals surface area contributed by atoms with Gasteiger partial charge in [0.05, 0.1) is 7.11 Å². The molecule has 0 unspecified atom stereocenters. The lowest BCUT2D eigenvalue weighted by Gasteiger charge is -2.52. The summed E-state index contributed by atoms with van der Waals surface area (Å²) in [6, 6.07) is 12.8. The van der Waals surface area contributed by atoms with Crippen LogP contribution in [0.2, 0.25) is 0 Å². The molecule has 0 saturated heterocycles. The third kappa shape index (κ3) is 5.87. The van der Waals surface area contributed by atoms with Gasteiger partial charge in [-0.25, -0.2) is 0 Å². The van der Waals surface area contributed by atoms with E-state index in [2.05, 4.69) is 70.7 Å². The monoisotopic (exact) mass is 595 g/mol. The summed E-state index contributed by atoms with van der Waals surface area (Å²) < 4.78 is 12.2. The summed E-state index contributed by atoms with van der Waals surface area (Å²) >= 11 is 0. The zero-order valence-corrected chi connectivity index (χ0v) is 27.8. The minimum absolute atomic E-state index is 0.122. The number of rotatable bonds is 6. The second kappa shape index (κ2) is 11.5. The smallest absolute Gasteiger partial charge is 0.162 e. The van der Waals surface area contributed by atoms with Gasteiger partial charge in [0.15, 0.2) is 23.1 Å². The Bertz CT molecular complexity index is 1480. The number of methoxy groups -OCH3 is 1. The lowest BCUT2D eigenvalue weighted by atomic mass is 9.63. The van der Waals surface area contributed by atoms with Gasteiger partial charge in [-0.3, -0.25) is 9.59 Å². The second-order valence-corrected chi connectivity index (χ2v) is 15.4. The van der Waals surface area contributed by atoms with E-state index in [0.29, 0.717) is 37.0 Å². The summed E-state index contributed by atoms with van der Waals surface area (Å²) in [6.07, 6.45) is 8.58. The molecule has 5 nitrogen and oxygen atoms in total. The molecule has 6 rings (SSSR count). The molecule has 1 aliphatic heterocycles. The van der Waals surface area contributed by atoms with Gasteiger partial charge in [-0.1, -0.05) is 82.3 Å². The van der Waals surface area contributed by atoms with Crippen LogP contribution >= 0.6 is 0 Å². The van der Waals surface area contributed by atoms with Gasteiger partial charge in [0, 0.05) is 47.3 Å². The Morgan fingerprint density at radius 2 is 1.32 bits per heavy atom. The molecule has 5 heteroatoms. The van der Waals surface area contributed by atoms with Gasteiger partial charge < -0.3 is 14.4 Å². The fourth-order valence-electron chi connectivity index (χ4n) is 8.41. The third-order valence-corrected chi connectivity index (χ3v) is 10.1. The molecular weight excluding hydrogens is 546 g/mol. The van der Waals surface area contributed by atoms with Gasteiger partial charge in [0.1, 0.15) is 6.61 Å². The van der Waals surface area contributed by atoms with Gasteiger partial charge in [0.25, 0.3) is 0 Å². The van der Waals surface area contributed by atoms with Crippen molar-refractivity contribution < 1.29 is 19.1 Å². The van der Waals surface area contributed by atoms with Gasteiger partial charge in [-0.2, -0.15) is 0 Å². The average Bonchev–Trinajstić information content (AvgIpc) is 2.93. The van der Waals surface area contributed by atoms with Crippen LogP contribution in [0.3, 0.4) is 0 Å². The molecule has 2 aromatic carbocycles. The van der Waals surface area contributed by atoms with E-state index in [0.717, 1.165) is 48.0 Å². The third-order valence-electron chi connectivity index (χ3n) is 10.1. The number of Topliss-reactive ketones (excluding diaryl/α,β-unsaturated/α-hetero) is 2. The Kier molecular flexibility index (Phi) is 8.05.